The molecule has 7 nitrogen and oxygen atoms in total. The lowest BCUT2D eigenvalue weighted by Crippen LogP contribution is -2.57. The van der Waals surface area contributed by atoms with Crippen LogP contribution in [-0.2, 0) is 20.7 Å². The maximum atomic E-state index is 12.8. The van der Waals surface area contributed by atoms with Crippen molar-refractivity contribution in [2.45, 2.75) is 40.5 Å². The number of H-pyrrole nitrogens is 1. The SMILES string of the molecule is COC(=O)[C@@]12CN(C(=O)Cc3c(C)nc(C)[nH]c3=O)C[C@@H]1C(C)(C)C2. The van der Waals surface area contributed by atoms with Gasteiger partial charge in [-0.1, -0.05) is 13.8 Å². The number of fused-ring (bicyclic) bond motifs is 1. The molecule has 1 aliphatic heterocycles. The molecule has 0 bridgehead atoms. The highest BCUT2D eigenvalue weighted by Crippen LogP contribution is 2.63. The first-order valence-corrected chi connectivity index (χ1v) is 8.53. The summed E-state index contributed by atoms with van der Waals surface area (Å²) in [5.41, 5.74) is 0.0904. The quantitative estimate of drug-likeness (QED) is 0.823. The molecule has 1 N–H and O–H groups in total. The van der Waals surface area contributed by atoms with Crippen LogP contribution < -0.4 is 5.56 Å². The Morgan fingerprint density at radius 2 is 2.04 bits per heavy atom. The molecule has 1 aromatic heterocycles. The molecule has 1 aliphatic carbocycles. The van der Waals surface area contributed by atoms with Crippen LogP contribution in [0.2, 0.25) is 0 Å². The second kappa shape index (κ2) is 5.68. The zero-order valence-corrected chi connectivity index (χ0v) is 15.4. The fraction of sp³-hybridized carbons (Fsp3) is 0.667. The number of methoxy groups -OCH3 is 1. The van der Waals surface area contributed by atoms with E-state index in [4.69, 9.17) is 4.74 Å². The number of hydrogen-bond donors (Lipinski definition) is 1. The average molecular weight is 347 g/mol. The number of esters is 1. The van der Waals surface area contributed by atoms with Gasteiger partial charge in [0.25, 0.3) is 5.56 Å². The van der Waals surface area contributed by atoms with Gasteiger partial charge in [0.2, 0.25) is 5.91 Å². The van der Waals surface area contributed by atoms with Crippen molar-refractivity contribution >= 4 is 11.9 Å². The number of carbonyl (C=O) groups is 2. The first kappa shape index (κ1) is 17.6. The molecule has 0 unspecified atom stereocenters. The van der Waals surface area contributed by atoms with Gasteiger partial charge in [-0.3, -0.25) is 14.4 Å². The van der Waals surface area contributed by atoms with E-state index in [1.54, 1.807) is 18.7 Å². The van der Waals surface area contributed by atoms with Gasteiger partial charge in [-0.25, -0.2) is 4.98 Å². The molecular formula is C18H25N3O4. The summed E-state index contributed by atoms with van der Waals surface area (Å²) < 4.78 is 5.01. The Balaban J connectivity index is 1.81. The Hall–Kier alpha value is -2.18. The first-order chi connectivity index (χ1) is 11.6. The van der Waals surface area contributed by atoms with Gasteiger partial charge in [0.1, 0.15) is 5.82 Å². The van der Waals surface area contributed by atoms with Crippen LogP contribution in [0.25, 0.3) is 0 Å². The molecule has 3 rings (SSSR count). The van der Waals surface area contributed by atoms with Crippen molar-refractivity contribution in [3.63, 3.8) is 0 Å². The summed E-state index contributed by atoms with van der Waals surface area (Å²) in [6, 6.07) is 0. The van der Waals surface area contributed by atoms with Gasteiger partial charge in [0.15, 0.2) is 0 Å². The Labute approximate surface area is 146 Å². The van der Waals surface area contributed by atoms with Crippen molar-refractivity contribution < 1.29 is 14.3 Å². The summed E-state index contributed by atoms with van der Waals surface area (Å²) in [7, 11) is 1.39. The number of likely N-dealkylation sites (tertiary alicyclic amines) is 1. The maximum absolute atomic E-state index is 12.8. The molecular weight excluding hydrogens is 322 g/mol. The van der Waals surface area contributed by atoms with Gasteiger partial charge >= 0.3 is 5.97 Å². The van der Waals surface area contributed by atoms with Gasteiger partial charge in [-0.15, -0.1) is 0 Å². The molecule has 7 heteroatoms. The predicted octanol–water partition coefficient (Wildman–Crippen LogP) is 0.977. The summed E-state index contributed by atoms with van der Waals surface area (Å²) in [6.45, 7) is 8.56. The van der Waals surface area contributed by atoms with Gasteiger partial charge < -0.3 is 14.6 Å². The Morgan fingerprint density at radius 1 is 1.36 bits per heavy atom. The third-order valence-electron chi connectivity index (χ3n) is 5.87. The number of aromatic amines is 1. The lowest BCUT2D eigenvalue weighted by molar-refractivity contribution is -0.174. The molecule has 25 heavy (non-hydrogen) atoms. The van der Waals surface area contributed by atoms with Crippen LogP contribution in [0.4, 0.5) is 0 Å². The van der Waals surface area contributed by atoms with E-state index in [1.807, 2.05) is 0 Å². The van der Waals surface area contributed by atoms with Crippen LogP contribution in [0.5, 0.6) is 0 Å². The fourth-order valence-corrected chi connectivity index (χ4v) is 4.78. The van der Waals surface area contributed by atoms with Crippen LogP contribution in [0.1, 0.15) is 37.4 Å². The molecule has 136 valence electrons. The van der Waals surface area contributed by atoms with Crippen molar-refractivity contribution in [1.82, 2.24) is 14.9 Å². The topological polar surface area (TPSA) is 92.4 Å². The normalized spacial score (nSPS) is 26.8. The predicted molar refractivity (Wildman–Crippen MR) is 91.0 cm³/mol. The van der Waals surface area contributed by atoms with E-state index in [0.717, 1.165) is 0 Å². The lowest BCUT2D eigenvalue weighted by atomic mass is 9.48. The second-order valence-corrected chi connectivity index (χ2v) is 8.03. The van der Waals surface area contributed by atoms with Gasteiger partial charge in [0, 0.05) is 24.3 Å². The monoisotopic (exact) mass is 347 g/mol. The zero-order valence-electron chi connectivity index (χ0n) is 15.4. The van der Waals surface area contributed by atoms with Gasteiger partial charge in [-0.05, 0) is 31.6 Å². The number of nitrogens with zero attached hydrogens (tertiary/aromatic N) is 2. The van der Waals surface area contributed by atoms with E-state index in [9.17, 15) is 14.4 Å². The van der Waals surface area contributed by atoms with Gasteiger partial charge in [-0.2, -0.15) is 0 Å². The van der Waals surface area contributed by atoms with Crippen molar-refractivity contribution in [2.75, 3.05) is 20.2 Å². The number of nitrogens with one attached hydrogen (secondary N) is 1. The smallest absolute Gasteiger partial charge is 0.314 e. The van der Waals surface area contributed by atoms with Crippen molar-refractivity contribution in [3.8, 4) is 0 Å². The van der Waals surface area contributed by atoms with Crippen molar-refractivity contribution in [3.05, 3.63) is 27.4 Å². The molecule has 0 spiro atoms. The Bertz CT molecular complexity index is 798. The van der Waals surface area contributed by atoms with Crippen molar-refractivity contribution in [2.24, 2.45) is 16.7 Å². The van der Waals surface area contributed by atoms with Crippen LogP contribution in [0.15, 0.2) is 4.79 Å². The highest BCUT2D eigenvalue weighted by Gasteiger charge is 2.67. The fourth-order valence-electron chi connectivity index (χ4n) is 4.78. The molecule has 2 fully saturated rings. The number of carbonyl (C=O) groups excluding carboxylic acids is 2. The molecule has 2 aliphatic rings. The summed E-state index contributed by atoms with van der Waals surface area (Å²) in [6.07, 6.45) is 0.714. The van der Waals surface area contributed by atoms with E-state index in [0.29, 0.717) is 36.6 Å². The molecule has 1 amide bonds. The highest BCUT2D eigenvalue weighted by molar-refractivity contribution is 5.84. The molecule has 0 aromatic carbocycles. The molecule has 2 heterocycles. The maximum Gasteiger partial charge on any atom is 0.314 e. The summed E-state index contributed by atoms with van der Waals surface area (Å²) in [5, 5.41) is 0. The largest absolute Gasteiger partial charge is 0.469 e. The molecule has 1 saturated heterocycles. The number of amides is 1. The molecule has 1 aromatic rings. The van der Waals surface area contributed by atoms with E-state index in [2.05, 4.69) is 23.8 Å². The van der Waals surface area contributed by atoms with E-state index >= 15 is 0 Å². The van der Waals surface area contributed by atoms with E-state index < -0.39 is 5.41 Å². The Morgan fingerprint density at radius 3 is 2.60 bits per heavy atom. The summed E-state index contributed by atoms with van der Waals surface area (Å²) in [5.74, 6) is 0.238. The van der Waals surface area contributed by atoms with Crippen LogP contribution in [0.3, 0.4) is 0 Å². The first-order valence-electron chi connectivity index (χ1n) is 8.53. The van der Waals surface area contributed by atoms with E-state index in [1.165, 1.54) is 7.11 Å². The van der Waals surface area contributed by atoms with Crippen LogP contribution in [-0.4, -0.2) is 46.9 Å². The molecule has 0 radical (unpaired) electrons. The number of aromatic nitrogens is 2. The minimum atomic E-state index is -0.596. The number of aryl methyl sites for hydroxylation is 2. The van der Waals surface area contributed by atoms with Gasteiger partial charge in [0.05, 0.1) is 18.9 Å². The molecule has 1 saturated carbocycles. The third-order valence-corrected chi connectivity index (χ3v) is 5.87. The second-order valence-electron chi connectivity index (χ2n) is 8.03. The van der Waals surface area contributed by atoms with Crippen LogP contribution in [0, 0.1) is 30.6 Å². The summed E-state index contributed by atoms with van der Waals surface area (Å²) >= 11 is 0. The van der Waals surface area contributed by atoms with Crippen molar-refractivity contribution in [1.29, 1.82) is 0 Å². The highest BCUT2D eigenvalue weighted by atomic mass is 16.5. The van der Waals surface area contributed by atoms with E-state index in [-0.39, 0.29) is 35.2 Å². The lowest BCUT2D eigenvalue weighted by Gasteiger charge is -2.54. The van der Waals surface area contributed by atoms with Crippen LogP contribution >= 0.6 is 0 Å². The zero-order chi connectivity index (χ0) is 18.6. The number of hydrogen-bond acceptors (Lipinski definition) is 5. The third kappa shape index (κ3) is 2.65. The average Bonchev–Trinajstić information content (AvgIpc) is 2.86. The minimum Gasteiger partial charge on any atom is -0.469 e. The Kier molecular flexibility index (Phi) is 4.00. The number of rotatable bonds is 3. The number of ether oxygens (including phenoxy) is 1. The molecule has 2 atom stereocenters. The minimum absolute atomic E-state index is 0.00114. The standard InChI is InChI=1S/C18H25N3O4/c1-10-12(15(23)20-11(2)19-10)6-14(22)21-7-13-17(3,4)8-18(13,9-21)16(24)25-5/h13H,6-9H2,1-5H3,(H,19,20,23)/t13-,18+/m1/s1. The summed E-state index contributed by atoms with van der Waals surface area (Å²) in [4.78, 5) is 45.8.